The fraction of sp³-hybridized carbons (Fsp3) is 0.381. The van der Waals surface area contributed by atoms with Crippen LogP contribution in [-0.2, 0) is 13.6 Å². The largest absolute Gasteiger partial charge is 0.343 e. The summed E-state index contributed by atoms with van der Waals surface area (Å²) < 4.78 is 1.84. The average molecular weight is 396 g/mol. The van der Waals surface area contributed by atoms with Gasteiger partial charge in [-0.25, -0.2) is 0 Å². The first-order chi connectivity index (χ1) is 13.7. The molecule has 0 aromatic carbocycles. The van der Waals surface area contributed by atoms with Crippen molar-refractivity contribution < 1.29 is 4.79 Å². The fourth-order valence-corrected chi connectivity index (χ4v) is 4.56. The Hall–Kier alpha value is -2.51. The monoisotopic (exact) mass is 395 g/mol. The molecule has 1 fully saturated rings. The molecule has 3 aromatic heterocycles. The molecule has 6 nitrogen and oxygen atoms in total. The number of pyridine rings is 1. The Bertz CT molecular complexity index is 893. The second-order valence-electron chi connectivity index (χ2n) is 7.34. The number of hydrogen-bond acceptors (Lipinski definition) is 5. The van der Waals surface area contributed by atoms with E-state index in [1.807, 2.05) is 53.6 Å². The van der Waals surface area contributed by atoms with Crippen molar-refractivity contribution in [3.8, 4) is 0 Å². The lowest BCUT2D eigenvalue weighted by molar-refractivity contribution is 0.0879. The number of likely N-dealkylation sites (tertiary alicyclic amines) is 1. The number of thiophene rings is 1. The second kappa shape index (κ2) is 8.67. The van der Waals surface area contributed by atoms with Crippen molar-refractivity contribution in [3.63, 3.8) is 0 Å². The first kappa shape index (κ1) is 18.8. The van der Waals surface area contributed by atoms with Crippen LogP contribution >= 0.6 is 11.3 Å². The van der Waals surface area contributed by atoms with Crippen molar-refractivity contribution in [2.24, 2.45) is 13.0 Å². The van der Waals surface area contributed by atoms with Crippen LogP contribution in [0.25, 0.3) is 0 Å². The van der Waals surface area contributed by atoms with Crippen molar-refractivity contribution in [2.75, 3.05) is 13.1 Å². The minimum atomic E-state index is -0.0903. The number of amides is 1. The van der Waals surface area contributed by atoms with Gasteiger partial charge in [-0.1, -0.05) is 12.1 Å². The Balaban J connectivity index is 1.51. The van der Waals surface area contributed by atoms with Crippen LogP contribution in [0.4, 0.5) is 0 Å². The first-order valence-electron chi connectivity index (χ1n) is 9.64. The highest BCUT2D eigenvalue weighted by Crippen LogP contribution is 2.30. The predicted molar refractivity (Wildman–Crippen MR) is 110 cm³/mol. The standard InChI is InChI=1S/C21H25N5OS/c1-25-13-16(12-23-25)14-26-10-4-6-17(15-26)20(18-7-2-3-9-22-18)24-21(27)19-8-5-11-28-19/h2-3,5,7-9,11-13,17,20H,4,6,10,14-15H2,1H3,(H,24,27)/t17-,20+/m1/s1. The number of aromatic nitrogens is 3. The number of hydrogen-bond donors (Lipinski definition) is 1. The summed E-state index contributed by atoms with van der Waals surface area (Å²) in [6.45, 7) is 2.89. The minimum absolute atomic E-state index is 0.0185. The first-order valence-corrected chi connectivity index (χ1v) is 10.5. The molecule has 1 saturated heterocycles. The lowest BCUT2D eigenvalue weighted by Crippen LogP contribution is -2.42. The third kappa shape index (κ3) is 4.48. The maximum atomic E-state index is 12.8. The van der Waals surface area contributed by atoms with Crippen molar-refractivity contribution in [1.29, 1.82) is 0 Å². The van der Waals surface area contributed by atoms with Gasteiger partial charge in [-0.15, -0.1) is 11.3 Å². The van der Waals surface area contributed by atoms with E-state index in [9.17, 15) is 4.79 Å². The summed E-state index contributed by atoms with van der Waals surface area (Å²) in [6, 6.07) is 9.60. The molecule has 0 saturated carbocycles. The molecule has 0 radical (unpaired) electrons. The van der Waals surface area contributed by atoms with Crippen LogP contribution in [0, 0.1) is 5.92 Å². The normalized spacial score (nSPS) is 18.7. The zero-order chi connectivity index (χ0) is 19.3. The lowest BCUT2D eigenvalue weighted by Gasteiger charge is -2.37. The van der Waals surface area contributed by atoms with Gasteiger partial charge in [0, 0.05) is 38.1 Å². The zero-order valence-electron chi connectivity index (χ0n) is 16.0. The Morgan fingerprint density at radius 3 is 3.00 bits per heavy atom. The molecular weight excluding hydrogens is 370 g/mol. The molecule has 0 aliphatic carbocycles. The number of piperidine rings is 1. The van der Waals surface area contributed by atoms with Gasteiger partial charge in [0.25, 0.3) is 5.91 Å². The van der Waals surface area contributed by atoms with E-state index in [1.54, 1.807) is 6.20 Å². The number of carbonyl (C=O) groups excluding carboxylic acids is 1. The number of nitrogens with zero attached hydrogens (tertiary/aromatic N) is 4. The summed E-state index contributed by atoms with van der Waals surface area (Å²) in [4.78, 5) is 20.5. The molecule has 4 heterocycles. The molecule has 1 amide bonds. The van der Waals surface area contributed by atoms with Gasteiger partial charge in [0.1, 0.15) is 0 Å². The van der Waals surface area contributed by atoms with Crippen LogP contribution in [-0.4, -0.2) is 38.7 Å². The van der Waals surface area contributed by atoms with E-state index < -0.39 is 0 Å². The van der Waals surface area contributed by atoms with Crippen LogP contribution in [0.2, 0.25) is 0 Å². The topological polar surface area (TPSA) is 63.0 Å². The highest BCUT2D eigenvalue weighted by atomic mass is 32.1. The molecule has 0 spiro atoms. The van der Waals surface area contributed by atoms with Crippen LogP contribution in [0.1, 0.15) is 39.8 Å². The van der Waals surface area contributed by atoms with E-state index in [2.05, 4.69) is 26.5 Å². The summed E-state index contributed by atoms with van der Waals surface area (Å²) in [5, 5.41) is 9.47. The van der Waals surface area contributed by atoms with E-state index in [-0.39, 0.29) is 11.9 Å². The maximum absolute atomic E-state index is 12.8. The predicted octanol–water partition coefficient (Wildman–Crippen LogP) is 3.26. The molecule has 4 rings (SSSR count). The van der Waals surface area contributed by atoms with Crippen molar-refractivity contribution in [1.82, 2.24) is 25.0 Å². The molecule has 0 bridgehead atoms. The van der Waals surface area contributed by atoms with Crippen LogP contribution in [0.5, 0.6) is 0 Å². The molecular formula is C21H25N5OS. The highest BCUT2D eigenvalue weighted by Gasteiger charge is 2.31. The summed E-state index contributed by atoms with van der Waals surface area (Å²) in [5.74, 6) is 0.305. The Morgan fingerprint density at radius 1 is 1.36 bits per heavy atom. The lowest BCUT2D eigenvalue weighted by atomic mass is 9.88. The minimum Gasteiger partial charge on any atom is -0.343 e. The van der Waals surface area contributed by atoms with Crippen molar-refractivity contribution >= 4 is 17.2 Å². The maximum Gasteiger partial charge on any atom is 0.261 e. The summed E-state index contributed by atoms with van der Waals surface area (Å²) in [5.41, 5.74) is 2.15. The van der Waals surface area contributed by atoms with E-state index >= 15 is 0 Å². The zero-order valence-corrected chi connectivity index (χ0v) is 16.8. The van der Waals surface area contributed by atoms with Crippen molar-refractivity contribution in [2.45, 2.75) is 25.4 Å². The van der Waals surface area contributed by atoms with Crippen molar-refractivity contribution in [3.05, 3.63) is 70.4 Å². The molecule has 1 N–H and O–H groups in total. The number of rotatable bonds is 6. The van der Waals surface area contributed by atoms with Gasteiger partial charge in [0.05, 0.1) is 22.8 Å². The van der Waals surface area contributed by atoms with Gasteiger partial charge in [0.15, 0.2) is 0 Å². The van der Waals surface area contributed by atoms with Gasteiger partial charge < -0.3 is 5.32 Å². The summed E-state index contributed by atoms with van der Waals surface area (Å²) >= 11 is 1.47. The van der Waals surface area contributed by atoms with Gasteiger partial charge in [-0.3, -0.25) is 19.4 Å². The molecule has 7 heteroatoms. The molecule has 28 heavy (non-hydrogen) atoms. The number of carbonyl (C=O) groups is 1. The Labute approximate surface area is 169 Å². The SMILES string of the molecule is Cn1cc(CN2CCC[C@@H]([C@H](NC(=O)c3cccs3)c3ccccn3)C2)cn1. The Kier molecular flexibility index (Phi) is 5.83. The fourth-order valence-electron chi connectivity index (χ4n) is 3.93. The quantitative estimate of drug-likeness (QED) is 0.696. The Morgan fingerprint density at radius 2 is 2.29 bits per heavy atom. The van der Waals surface area contributed by atoms with Gasteiger partial charge in [0.2, 0.25) is 0 Å². The van der Waals surface area contributed by atoms with Crippen LogP contribution in [0.3, 0.4) is 0 Å². The molecule has 1 aliphatic rings. The van der Waals surface area contributed by atoms with Crippen LogP contribution < -0.4 is 5.32 Å². The number of nitrogens with one attached hydrogen (secondary N) is 1. The van der Waals surface area contributed by atoms with E-state index in [0.717, 1.165) is 43.0 Å². The molecule has 1 aliphatic heterocycles. The van der Waals surface area contributed by atoms with Gasteiger partial charge in [-0.2, -0.15) is 5.10 Å². The second-order valence-corrected chi connectivity index (χ2v) is 8.29. The summed E-state index contributed by atoms with van der Waals surface area (Å²) in [7, 11) is 1.94. The average Bonchev–Trinajstić information content (AvgIpc) is 3.39. The highest BCUT2D eigenvalue weighted by molar-refractivity contribution is 7.12. The molecule has 3 aromatic rings. The van der Waals surface area contributed by atoms with E-state index in [4.69, 9.17) is 0 Å². The van der Waals surface area contributed by atoms with E-state index in [0.29, 0.717) is 5.92 Å². The van der Waals surface area contributed by atoms with Gasteiger partial charge in [-0.05, 0) is 48.9 Å². The van der Waals surface area contributed by atoms with Gasteiger partial charge >= 0.3 is 0 Å². The smallest absolute Gasteiger partial charge is 0.261 e. The third-order valence-corrected chi connectivity index (χ3v) is 6.08. The van der Waals surface area contributed by atoms with Crippen LogP contribution in [0.15, 0.2) is 54.3 Å². The summed E-state index contributed by atoms with van der Waals surface area (Å²) in [6.07, 6.45) is 7.99. The number of aryl methyl sites for hydroxylation is 1. The molecule has 0 unspecified atom stereocenters. The molecule has 146 valence electrons. The third-order valence-electron chi connectivity index (χ3n) is 5.22. The molecule has 2 atom stereocenters. The van der Waals surface area contributed by atoms with E-state index in [1.165, 1.54) is 16.9 Å².